The molecule has 0 saturated heterocycles. The zero-order chi connectivity index (χ0) is 12.3. The van der Waals surface area contributed by atoms with E-state index < -0.39 is 5.97 Å². The monoisotopic (exact) mass is 295 g/mol. The molecule has 0 aliphatic heterocycles. The smallest absolute Gasteiger partial charge is 0.360 e. The molecule has 0 aliphatic rings. The maximum absolute atomic E-state index is 11.6. The van der Waals surface area contributed by atoms with Crippen LogP contribution < -0.4 is 0 Å². The Morgan fingerprint density at radius 1 is 1.41 bits per heavy atom. The van der Waals surface area contributed by atoms with Crippen molar-refractivity contribution in [3.05, 3.63) is 40.8 Å². The van der Waals surface area contributed by atoms with Gasteiger partial charge < -0.3 is 9.15 Å². The van der Waals surface area contributed by atoms with E-state index in [4.69, 9.17) is 9.15 Å². The topological polar surface area (TPSA) is 52.3 Å². The van der Waals surface area contributed by atoms with Crippen molar-refractivity contribution in [3.63, 3.8) is 0 Å². The maximum Gasteiger partial charge on any atom is 0.360 e. The zero-order valence-electron chi connectivity index (χ0n) is 9.14. The molecule has 5 heteroatoms. The molecule has 2 aromatic rings. The van der Waals surface area contributed by atoms with E-state index in [1.165, 1.54) is 6.39 Å². The Morgan fingerprint density at radius 2 is 2.12 bits per heavy atom. The van der Waals surface area contributed by atoms with Gasteiger partial charge in [-0.1, -0.05) is 28.1 Å². The van der Waals surface area contributed by atoms with Gasteiger partial charge in [0.25, 0.3) is 0 Å². The Bertz CT molecular complexity index is 519. The number of hydrogen-bond acceptors (Lipinski definition) is 4. The van der Waals surface area contributed by atoms with Crippen LogP contribution in [0.2, 0.25) is 0 Å². The standard InChI is InChI=1S/C12H10BrNO3/c1-2-16-12(15)10-11(17-7-14-10)8-3-5-9(13)6-4-8/h3-7H,2H2,1H3. The van der Waals surface area contributed by atoms with Crippen LogP contribution in [0.25, 0.3) is 11.3 Å². The number of aromatic nitrogens is 1. The molecule has 2 rings (SSSR count). The summed E-state index contributed by atoms with van der Waals surface area (Å²) in [6, 6.07) is 7.42. The van der Waals surface area contributed by atoms with E-state index in [1.807, 2.05) is 24.3 Å². The van der Waals surface area contributed by atoms with Crippen molar-refractivity contribution < 1.29 is 13.9 Å². The fraction of sp³-hybridized carbons (Fsp3) is 0.167. The van der Waals surface area contributed by atoms with Gasteiger partial charge in [-0.2, -0.15) is 0 Å². The van der Waals surface area contributed by atoms with Crippen LogP contribution in [0.1, 0.15) is 17.4 Å². The van der Waals surface area contributed by atoms with Crippen LogP contribution in [0.15, 0.2) is 39.5 Å². The van der Waals surface area contributed by atoms with Crippen LogP contribution in [0, 0.1) is 0 Å². The van der Waals surface area contributed by atoms with E-state index in [0.29, 0.717) is 12.4 Å². The number of carbonyl (C=O) groups is 1. The first-order chi connectivity index (χ1) is 8.22. The molecule has 0 aliphatic carbocycles. The summed E-state index contributed by atoms with van der Waals surface area (Å²) in [6.45, 7) is 2.06. The van der Waals surface area contributed by atoms with Crippen molar-refractivity contribution in [1.82, 2.24) is 4.98 Å². The third-order valence-electron chi connectivity index (χ3n) is 2.14. The SMILES string of the molecule is CCOC(=O)c1ncoc1-c1ccc(Br)cc1. The van der Waals surface area contributed by atoms with Crippen LogP contribution in [0.3, 0.4) is 0 Å². The van der Waals surface area contributed by atoms with Crippen LogP contribution in [-0.4, -0.2) is 17.6 Å². The molecule has 0 bridgehead atoms. The summed E-state index contributed by atoms with van der Waals surface area (Å²) in [5.41, 5.74) is 0.989. The van der Waals surface area contributed by atoms with Crippen molar-refractivity contribution in [3.8, 4) is 11.3 Å². The minimum Gasteiger partial charge on any atom is -0.461 e. The predicted octanol–water partition coefficient (Wildman–Crippen LogP) is 3.28. The third-order valence-corrected chi connectivity index (χ3v) is 2.67. The van der Waals surface area contributed by atoms with Gasteiger partial charge in [-0.15, -0.1) is 0 Å². The Hall–Kier alpha value is -1.62. The van der Waals surface area contributed by atoms with Crippen molar-refractivity contribution in [1.29, 1.82) is 0 Å². The molecule has 0 N–H and O–H groups in total. The number of hydrogen-bond donors (Lipinski definition) is 0. The Labute approximate surface area is 107 Å². The van der Waals surface area contributed by atoms with Crippen molar-refractivity contribution >= 4 is 21.9 Å². The van der Waals surface area contributed by atoms with Crippen molar-refractivity contribution in [2.75, 3.05) is 6.61 Å². The highest BCUT2D eigenvalue weighted by Gasteiger charge is 2.18. The van der Waals surface area contributed by atoms with Crippen LogP contribution in [-0.2, 0) is 4.74 Å². The molecule has 0 fully saturated rings. The van der Waals surface area contributed by atoms with E-state index in [2.05, 4.69) is 20.9 Å². The Morgan fingerprint density at radius 3 is 2.76 bits per heavy atom. The number of nitrogens with zero attached hydrogens (tertiary/aromatic N) is 1. The first-order valence-electron chi connectivity index (χ1n) is 5.09. The van der Waals surface area contributed by atoms with Crippen molar-refractivity contribution in [2.45, 2.75) is 6.92 Å². The molecule has 1 aromatic carbocycles. The molecule has 4 nitrogen and oxygen atoms in total. The second kappa shape index (κ2) is 5.14. The number of oxazole rings is 1. The lowest BCUT2D eigenvalue weighted by Gasteiger charge is -2.01. The molecule has 0 spiro atoms. The largest absolute Gasteiger partial charge is 0.461 e. The normalized spacial score (nSPS) is 10.2. The molecule has 88 valence electrons. The lowest BCUT2D eigenvalue weighted by molar-refractivity contribution is 0.0520. The van der Waals surface area contributed by atoms with Gasteiger partial charge in [0.05, 0.1) is 6.61 Å². The molecule has 0 atom stereocenters. The number of carbonyl (C=O) groups excluding carboxylic acids is 1. The van der Waals surface area contributed by atoms with Crippen LogP contribution >= 0.6 is 15.9 Å². The average Bonchev–Trinajstić information content (AvgIpc) is 2.79. The highest BCUT2D eigenvalue weighted by atomic mass is 79.9. The summed E-state index contributed by atoms with van der Waals surface area (Å²) >= 11 is 3.34. The van der Waals surface area contributed by atoms with E-state index in [1.54, 1.807) is 6.92 Å². The van der Waals surface area contributed by atoms with E-state index in [0.717, 1.165) is 10.0 Å². The first kappa shape index (κ1) is 11.9. The highest BCUT2D eigenvalue weighted by Crippen LogP contribution is 2.25. The molecular weight excluding hydrogens is 286 g/mol. The number of benzene rings is 1. The number of ether oxygens (including phenoxy) is 1. The average molecular weight is 296 g/mol. The number of esters is 1. The Balaban J connectivity index is 2.36. The van der Waals surface area contributed by atoms with E-state index in [9.17, 15) is 4.79 Å². The number of rotatable bonds is 3. The van der Waals surface area contributed by atoms with Gasteiger partial charge >= 0.3 is 5.97 Å². The minimum absolute atomic E-state index is 0.203. The van der Waals surface area contributed by atoms with E-state index in [-0.39, 0.29) is 5.69 Å². The zero-order valence-corrected chi connectivity index (χ0v) is 10.7. The Kier molecular flexibility index (Phi) is 3.58. The summed E-state index contributed by atoms with van der Waals surface area (Å²) in [6.07, 6.45) is 1.24. The fourth-order valence-electron chi connectivity index (χ4n) is 1.40. The molecule has 1 aromatic heterocycles. The molecule has 0 saturated carbocycles. The quantitative estimate of drug-likeness (QED) is 0.816. The van der Waals surface area contributed by atoms with Crippen LogP contribution in [0.5, 0.6) is 0 Å². The third kappa shape index (κ3) is 2.55. The molecule has 1 heterocycles. The van der Waals surface area contributed by atoms with Gasteiger partial charge in [0, 0.05) is 10.0 Å². The second-order valence-corrected chi connectivity index (χ2v) is 4.17. The predicted molar refractivity (Wildman–Crippen MR) is 65.6 cm³/mol. The molecule has 0 amide bonds. The summed E-state index contributed by atoms with van der Waals surface area (Å²) in [7, 11) is 0. The van der Waals surface area contributed by atoms with Gasteiger partial charge in [-0.25, -0.2) is 9.78 Å². The number of halogens is 1. The summed E-state index contributed by atoms with van der Waals surface area (Å²) in [5, 5.41) is 0. The summed E-state index contributed by atoms with van der Waals surface area (Å²) < 4.78 is 11.1. The van der Waals surface area contributed by atoms with Crippen molar-refractivity contribution in [2.24, 2.45) is 0 Å². The van der Waals surface area contributed by atoms with Gasteiger partial charge in [-0.3, -0.25) is 0 Å². The first-order valence-corrected chi connectivity index (χ1v) is 5.88. The lowest BCUT2D eigenvalue weighted by Crippen LogP contribution is -2.06. The summed E-state index contributed by atoms with van der Waals surface area (Å²) in [4.78, 5) is 15.5. The highest BCUT2D eigenvalue weighted by molar-refractivity contribution is 9.10. The maximum atomic E-state index is 11.6. The van der Waals surface area contributed by atoms with Gasteiger partial charge in [0.2, 0.25) is 0 Å². The fourth-order valence-corrected chi connectivity index (χ4v) is 1.66. The van der Waals surface area contributed by atoms with Gasteiger partial charge in [0.15, 0.2) is 17.8 Å². The van der Waals surface area contributed by atoms with Gasteiger partial charge in [0.1, 0.15) is 0 Å². The molecular formula is C12H10BrNO3. The minimum atomic E-state index is -0.473. The summed E-state index contributed by atoms with van der Waals surface area (Å²) in [5.74, 6) is -0.0462. The molecule has 17 heavy (non-hydrogen) atoms. The van der Waals surface area contributed by atoms with E-state index >= 15 is 0 Å². The van der Waals surface area contributed by atoms with Gasteiger partial charge in [-0.05, 0) is 19.1 Å². The lowest BCUT2D eigenvalue weighted by atomic mass is 10.1. The molecule has 0 radical (unpaired) electrons. The second-order valence-electron chi connectivity index (χ2n) is 3.26. The van der Waals surface area contributed by atoms with Crippen LogP contribution in [0.4, 0.5) is 0 Å². The molecule has 0 unspecified atom stereocenters.